The third-order valence-corrected chi connectivity index (χ3v) is 7.35. The summed E-state index contributed by atoms with van der Waals surface area (Å²) in [4.78, 5) is 14.8. The Morgan fingerprint density at radius 3 is 2.46 bits per heavy atom. The molecule has 26 heavy (non-hydrogen) atoms. The van der Waals surface area contributed by atoms with E-state index >= 15 is 0 Å². The number of piperidine rings is 2. The van der Waals surface area contributed by atoms with Crippen LogP contribution >= 0.6 is 0 Å². The van der Waals surface area contributed by atoms with Gasteiger partial charge in [0.1, 0.15) is 0 Å². The second kappa shape index (κ2) is 8.50. The molecular weight excluding hydrogens is 350 g/mol. The molecule has 0 radical (unpaired) electrons. The maximum Gasteiger partial charge on any atom is 0.227 e. The minimum absolute atomic E-state index is 0.00230. The maximum atomic E-state index is 12.9. The van der Waals surface area contributed by atoms with Crippen LogP contribution in [0.25, 0.3) is 0 Å². The Kier molecular flexibility index (Phi) is 6.32. The van der Waals surface area contributed by atoms with E-state index in [1.54, 1.807) is 0 Å². The highest BCUT2D eigenvalue weighted by Gasteiger charge is 2.35. The molecule has 1 N–H and O–H groups in total. The summed E-state index contributed by atoms with van der Waals surface area (Å²) in [5.74, 6) is -0.0814. The lowest BCUT2D eigenvalue weighted by Crippen LogP contribution is -2.50. The number of sulfonamides is 1. The summed E-state index contributed by atoms with van der Waals surface area (Å²) in [6, 6.07) is 9.72. The Labute approximate surface area is 156 Å². The third kappa shape index (κ3) is 4.64. The fourth-order valence-corrected chi connectivity index (χ4v) is 5.53. The van der Waals surface area contributed by atoms with Gasteiger partial charge in [0, 0.05) is 32.2 Å². The van der Waals surface area contributed by atoms with Gasteiger partial charge in [-0.2, -0.15) is 0 Å². The standard InChI is InChI=1S/C19H29N3O3S/c1-20-18-9-12-21(13-10-18)19(23)17-8-5-11-22(14-17)26(24,25)15-16-6-3-2-4-7-16/h2-4,6-7,17-18,20H,5,8-15H2,1H3. The van der Waals surface area contributed by atoms with Crippen molar-refractivity contribution in [2.24, 2.45) is 5.92 Å². The molecule has 1 amide bonds. The number of benzene rings is 1. The summed E-state index contributed by atoms with van der Waals surface area (Å²) in [6.07, 6.45) is 3.45. The molecule has 144 valence electrons. The number of nitrogens with zero attached hydrogens (tertiary/aromatic N) is 2. The first-order valence-corrected chi connectivity index (χ1v) is 11.1. The summed E-state index contributed by atoms with van der Waals surface area (Å²) in [7, 11) is -1.44. The van der Waals surface area contributed by atoms with Crippen LogP contribution in [0, 0.1) is 5.92 Å². The molecule has 1 aromatic carbocycles. The van der Waals surface area contributed by atoms with E-state index in [9.17, 15) is 13.2 Å². The second-order valence-electron chi connectivity index (χ2n) is 7.33. The highest BCUT2D eigenvalue weighted by molar-refractivity contribution is 7.88. The number of hydrogen-bond acceptors (Lipinski definition) is 4. The van der Waals surface area contributed by atoms with Crippen LogP contribution in [-0.4, -0.2) is 62.8 Å². The molecule has 0 saturated carbocycles. The Hall–Kier alpha value is -1.44. The van der Waals surface area contributed by atoms with Crippen LogP contribution in [0.2, 0.25) is 0 Å². The average molecular weight is 380 g/mol. The van der Waals surface area contributed by atoms with Gasteiger partial charge in [0.2, 0.25) is 15.9 Å². The molecule has 1 aromatic rings. The van der Waals surface area contributed by atoms with E-state index in [1.165, 1.54) is 4.31 Å². The Balaban J connectivity index is 1.61. The third-order valence-electron chi connectivity index (χ3n) is 5.53. The molecule has 2 saturated heterocycles. The van der Waals surface area contributed by atoms with Gasteiger partial charge in [-0.25, -0.2) is 12.7 Å². The molecule has 0 bridgehead atoms. The SMILES string of the molecule is CNC1CCN(C(=O)C2CCCN(S(=O)(=O)Cc3ccccc3)C2)CC1. The van der Waals surface area contributed by atoms with Crippen molar-refractivity contribution in [2.75, 3.05) is 33.2 Å². The van der Waals surface area contributed by atoms with Gasteiger partial charge in [-0.3, -0.25) is 4.79 Å². The summed E-state index contributed by atoms with van der Waals surface area (Å²) in [6.45, 7) is 2.36. The minimum atomic E-state index is -3.39. The number of likely N-dealkylation sites (tertiary alicyclic amines) is 1. The topological polar surface area (TPSA) is 69.7 Å². The Morgan fingerprint density at radius 1 is 1.12 bits per heavy atom. The molecule has 0 aliphatic carbocycles. The Bertz CT molecular complexity index is 700. The van der Waals surface area contributed by atoms with Crippen LogP contribution in [0.15, 0.2) is 30.3 Å². The van der Waals surface area contributed by atoms with Crippen LogP contribution < -0.4 is 5.32 Å². The number of carbonyl (C=O) groups is 1. The van der Waals surface area contributed by atoms with Gasteiger partial charge in [0.15, 0.2) is 0 Å². The van der Waals surface area contributed by atoms with E-state index in [0.717, 1.165) is 44.3 Å². The quantitative estimate of drug-likeness (QED) is 0.840. The van der Waals surface area contributed by atoms with Crippen LogP contribution in [0.1, 0.15) is 31.2 Å². The molecule has 1 atom stereocenters. The van der Waals surface area contributed by atoms with Crippen LogP contribution in [0.3, 0.4) is 0 Å². The van der Waals surface area contributed by atoms with E-state index in [4.69, 9.17) is 0 Å². The molecule has 6 nitrogen and oxygen atoms in total. The van der Waals surface area contributed by atoms with Gasteiger partial charge >= 0.3 is 0 Å². The molecule has 0 spiro atoms. The summed E-state index contributed by atoms with van der Waals surface area (Å²) >= 11 is 0. The highest BCUT2D eigenvalue weighted by atomic mass is 32.2. The number of hydrogen-bond donors (Lipinski definition) is 1. The zero-order valence-corrected chi connectivity index (χ0v) is 16.2. The largest absolute Gasteiger partial charge is 0.342 e. The summed E-state index contributed by atoms with van der Waals surface area (Å²) in [5, 5.41) is 3.27. The lowest BCUT2D eigenvalue weighted by atomic mass is 9.96. The van der Waals surface area contributed by atoms with Gasteiger partial charge in [-0.05, 0) is 38.3 Å². The van der Waals surface area contributed by atoms with Crippen molar-refractivity contribution in [3.63, 3.8) is 0 Å². The van der Waals surface area contributed by atoms with Gasteiger partial charge < -0.3 is 10.2 Å². The summed E-state index contributed by atoms with van der Waals surface area (Å²) < 4.78 is 27.1. The van der Waals surface area contributed by atoms with Gasteiger partial charge in [-0.15, -0.1) is 0 Å². The number of amides is 1. The molecule has 2 fully saturated rings. The van der Waals surface area contributed by atoms with E-state index in [2.05, 4.69) is 5.32 Å². The fraction of sp³-hybridized carbons (Fsp3) is 0.632. The molecule has 0 aromatic heterocycles. The van der Waals surface area contributed by atoms with Gasteiger partial charge in [-0.1, -0.05) is 30.3 Å². The van der Waals surface area contributed by atoms with Crippen molar-refractivity contribution in [1.29, 1.82) is 0 Å². The number of carbonyl (C=O) groups excluding carboxylic acids is 1. The van der Waals surface area contributed by atoms with Crippen molar-refractivity contribution in [2.45, 2.75) is 37.5 Å². The first-order valence-electron chi connectivity index (χ1n) is 9.47. The molecular formula is C19H29N3O3S. The van der Waals surface area contributed by atoms with Crippen molar-refractivity contribution in [3.05, 3.63) is 35.9 Å². The zero-order valence-electron chi connectivity index (χ0n) is 15.4. The molecule has 1 unspecified atom stereocenters. The van der Waals surface area contributed by atoms with Crippen molar-refractivity contribution in [1.82, 2.24) is 14.5 Å². The van der Waals surface area contributed by atoms with E-state index in [0.29, 0.717) is 19.1 Å². The highest BCUT2D eigenvalue weighted by Crippen LogP contribution is 2.24. The molecule has 2 aliphatic rings. The molecule has 2 aliphatic heterocycles. The molecule has 2 heterocycles. The lowest BCUT2D eigenvalue weighted by molar-refractivity contribution is -0.137. The zero-order chi connectivity index (χ0) is 18.6. The van der Waals surface area contributed by atoms with E-state index in [1.807, 2.05) is 42.3 Å². The first kappa shape index (κ1) is 19.3. The van der Waals surface area contributed by atoms with Crippen molar-refractivity contribution < 1.29 is 13.2 Å². The predicted octanol–water partition coefficient (Wildman–Crippen LogP) is 1.44. The Morgan fingerprint density at radius 2 is 1.81 bits per heavy atom. The fourth-order valence-electron chi connectivity index (χ4n) is 3.92. The maximum absolute atomic E-state index is 12.9. The lowest BCUT2D eigenvalue weighted by Gasteiger charge is -2.37. The predicted molar refractivity (Wildman–Crippen MR) is 102 cm³/mol. The summed E-state index contributed by atoms with van der Waals surface area (Å²) in [5.41, 5.74) is 0.787. The normalized spacial score (nSPS) is 23.1. The van der Waals surface area contributed by atoms with Crippen LogP contribution in [0.5, 0.6) is 0 Å². The molecule has 3 rings (SSSR count). The molecule has 7 heteroatoms. The second-order valence-corrected chi connectivity index (χ2v) is 9.30. The smallest absolute Gasteiger partial charge is 0.227 e. The van der Waals surface area contributed by atoms with Crippen molar-refractivity contribution in [3.8, 4) is 0 Å². The van der Waals surface area contributed by atoms with Gasteiger partial charge in [0.05, 0.1) is 11.7 Å². The minimum Gasteiger partial charge on any atom is -0.342 e. The van der Waals surface area contributed by atoms with E-state index < -0.39 is 10.0 Å². The average Bonchev–Trinajstić information content (AvgIpc) is 2.68. The van der Waals surface area contributed by atoms with Crippen LogP contribution in [-0.2, 0) is 20.6 Å². The van der Waals surface area contributed by atoms with Crippen molar-refractivity contribution >= 4 is 15.9 Å². The number of nitrogens with one attached hydrogen (secondary N) is 1. The first-order chi connectivity index (χ1) is 12.5. The number of rotatable bonds is 5. The van der Waals surface area contributed by atoms with E-state index in [-0.39, 0.29) is 17.6 Å². The van der Waals surface area contributed by atoms with Gasteiger partial charge in [0.25, 0.3) is 0 Å². The van der Waals surface area contributed by atoms with Crippen LogP contribution in [0.4, 0.5) is 0 Å². The monoisotopic (exact) mass is 379 g/mol.